The first-order chi connectivity index (χ1) is 7.20. The molecule has 2 rings (SSSR count). The molecule has 4 heteroatoms. The van der Waals surface area contributed by atoms with Gasteiger partial charge in [-0.05, 0) is 34.0 Å². The summed E-state index contributed by atoms with van der Waals surface area (Å²) in [7, 11) is 0. The van der Waals surface area contributed by atoms with Gasteiger partial charge in [0, 0.05) is 4.90 Å². The highest BCUT2D eigenvalue weighted by Crippen LogP contribution is 2.30. The molecule has 2 nitrogen and oxygen atoms in total. The van der Waals surface area contributed by atoms with E-state index in [0.29, 0.717) is 4.90 Å². The monoisotopic (exact) mass is 236 g/mol. The van der Waals surface area contributed by atoms with Crippen molar-refractivity contribution in [1.29, 1.82) is 0 Å². The maximum atomic E-state index is 10.9. The number of benzene rings is 1. The molecule has 1 heterocycles. The van der Waals surface area contributed by atoms with Crippen molar-refractivity contribution in [3.63, 3.8) is 0 Å². The largest absolute Gasteiger partial charge is 0.478 e. The zero-order chi connectivity index (χ0) is 10.8. The van der Waals surface area contributed by atoms with Crippen molar-refractivity contribution in [3.8, 4) is 11.1 Å². The average Bonchev–Trinajstić information content (AvgIpc) is 2.70. The van der Waals surface area contributed by atoms with Crippen LogP contribution in [-0.4, -0.2) is 11.1 Å². The third kappa shape index (κ3) is 1.91. The van der Waals surface area contributed by atoms with Gasteiger partial charge in [-0.1, -0.05) is 12.1 Å². The van der Waals surface area contributed by atoms with E-state index < -0.39 is 5.97 Å². The summed E-state index contributed by atoms with van der Waals surface area (Å²) in [5.41, 5.74) is 2.11. The van der Waals surface area contributed by atoms with Crippen molar-refractivity contribution >= 4 is 29.9 Å². The normalized spacial score (nSPS) is 10.2. The lowest BCUT2D eigenvalue weighted by Crippen LogP contribution is -1.98. The van der Waals surface area contributed by atoms with Crippen molar-refractivity contribution in [1.82, 2.24) is 0 Å². The number of carboxylic acid groups (broad SMARTS) is 1. The fourth-order valence-electron chi connectivity index (χ4n) is 1.37. The first kappa shape index (κ1) is 10.3. The van der Waals surface area contributed by atoms with Crippen LogP contribution in [0.1, 0.15) is 10.4 Å². The summed E-state index contributed by atoms with van der Waals surface area (Å²) in [6.07, 6.45) is 0. The van der Waals surface area contributed by atoms with Gasteiger partial charge in [0.1, 0.15) is 0 Å². The van der Waals surface area contributed by atoms with E-state index >= 15 is 0 Å². The molecular weight excluding hydrogens is 228 g/mol. The van der Waals surface area contributed by atoms with Gasteiger partial charge in [-0.15, -0.1) is 12.6 Å². The van der Waals surface area contributed by atoms with Gasteiger partial charge in [0.2, 0.25) is 0 Å². The molecule has 0 spiro atoms. The molecule has 0 aliphatic heterocycles. The van der Waals surface area contributed by atoms with Crippen molar-refractivity contribution in [2.75, 3.05) is 0 Å². The highest BCUT2D eigenvalue weighted by Gasteiger charge is 2.11. The van der Waals surface area contributed by atoms with E-state index in [1.54, 1.807) is 23.5 Å². The van der Waals surface area contributed by atoms with Crippen LogP contribution < -0.4 is 0 Å². The number of hydrogen-bond acceptors (Lipinski definition) is 3. The standard InChI is InChI=1S/C11H8O2S2/c12-11(13)9-3-1-2-8(10(9)14)7-4-5-15-6-7/h1-6,14H,(H,12,13). The van der Waals surface area contributed by atoms with Crippen molar-refractivity contribution in [3.05, 3.63) is 40.6 Å². The fourth-order valence-corrected chi connectivity index (χ4v) is 2.40. The third-order valence-electron chi connectivity index (χ3n) is 2.10. The van der Waals surface area contributed by atoms with Gasteiger partial charge in [-0.2, -0.15) is 11.3 Å². The highest BCUT2D eigenvalue weighted by atomic mass is 32.1. The van der Waals surface area contributed by atoms with Crippen LogP contribution in [-0.2, 0) is 0 Å². The van der Waals surface area contributed by atoms with Gasteiger partial charge in [0.15, 0.2) is 0 Å². The predicted octanol–water partition coefficient (Wildman–Crippen LogP) is 3.40. The number of aromatic carboxylic acids is 1. The summed E-state index contributed by atoms with van der Waals surface area (Å²) < 4.78 is 0. The Morgan fingerprint density at radius 3 is 2.73 bits per heavy atom. The average molecular weight is 236 g/mol. The molecule has 0 atom stereocenters. The lowest BCUT2D eigenvalue weighted by atomic mass is 10.1. The van der Waals surface area contributed by atoms with Gasteiger partial charge in [0.05, 0.1) is 5.56 Å². The van der Waals surface area contributed by atoms with E-state index in [1.165, 1.54) is 0 Å². The van der Waals surface area contributed by atoms with Crippen molar-refractivity contribution in [2.45, 2.75) is 4.90 Å². The molecule has 0 aliphatic rings. The first-order valence-electron chi connectivity index (χ1n) is 4.28. The molecule has 0 fully saturated rings. The van der Waals surface area contributed by atoms with E-state index in [4.69, 9.17) is 5.11 Å². The van der Waals surface area contributed by atoms with Gasteiger partial charge in [0.25, 0.3) is 0 Å². The van der Waals surface area contributed by atoms with Crippen LogP contribution in [0.25, 0.3) is 11.1 Å². The minimum absolute atomic E-state index is 0.238. The molecule has 0 radical (unpaired) electrons. The van der Waals surface area contributed by atoms with E-state index in [1.807, 2.05) is 22.9 Å². The van der Waals surface area contributed by atoms with Crippen LogP contribution in [0, 0.1) is 0 Å². The smallest absolute Gasteiger partial charge is 0.336 e. The summed E-state index contributed by atoms with van der Waals surface area (Å²) in [5, 5.41) is 12.9. The fraction of sp³-hybridized carbons (Fsp3) is 0. The second-order valence-electron chi connectivity index (χ2n) is 3.02. The maximum absolute atomic E-state index is 10.9. The lowest BCUT2D eigenvalue weighted by Gasteiger charge is -2.05. The Morgan fingerprint density at radius 1 is 1.33 bits per heavy atom. The summed E-state index contributed by atoms with van der Waals surface area (Å²) in [4.78, 5) is 11.4. The van der Waals surface area contributed by atoms with Crippen LogP contribution in [0.4, 0.5) is 0 Å². The van der Waals surface area contributed by atoms with Gasteiger partial charge >= 0.3 is 5.97 Å². The molecule has 1 aromatic heterocycles. The van der Waals surface area contributed by atoms with Crippen molar-refractivity contribution < 1.29 is 9.90 Å². The van der Waals surface area contributed by atoms with E-state index in [9.17, 15) is 4.79 Å². The molecule has 0 saturated carbocycles. The molecule has 0 amide bonds. The Kier molecular flexibility index (Phi) is 2.79. The number of thiol groups is 1. The lowest BCUT2D eigenvalue weighted by molar-refractivity contribution is 0.0693. The number of carboxylic acids is 1. The van der Waals surface area contributed by atoms with Crippen LogP contribution in [0.15, 0.2) is 39.9 Å². The third-order valence-corrected chi connectivity index (χ3v) is 3.26. The highest BCUT2D eigenvalue weighted by molar-refractivity contribution is 7.80. The number of rotatable bonds is 2. The second kappa shape index (κ2) is 4.08. The van der Waals surface area contributed by atoms with E-state index in [2.05, 4.69) is 12.6 Å². The van der Waals surface area contributed by atoms with E-state index in [0.717, 1.165) is 11.1 Å². The number of carbonyl (C=O) groups is 1. The predicted molar refractivity (Wildman–Crippen MR) is 64.0 cm³/mol. The van der Waals surface area contributed by atoms with Crippen LogP contribution in [0.2, 0.25) is 0 Å². The summed E-state index contributed by atoms with van der Waals surface area (Å²) in [5.74, 6) is -0.947. The Bertz CT molecular complexity index is 489. The van der Waals surface area contributed by atoms with Gasteiger partial charge in [-0.3, -0.25) is 0 Å². The second-order valence-corrected chi connectivity index (χ2v) is 4.25. The van der Waals surface area contributed by atoms with Crippen LogP contribution >= 0.6 is 24.0 Å². The number of thiophene rings is 1. The Hall–Kier alpha value is -1.26. The van der Waals surface area contributed by atoms with Gasteiger partial charge in [-0.25, -0.2) is 4.79 Å². The summed E-state index contributed by atoms with van der Waals surface area (Å²) >= 11 is 5.84. The first-order valence-corrected chi connectivity index (χ1v) is 5.67. The maximum Gasteiger partial charge on any atom is 0.336 e. The minimum Gasteiger partial charge on any atom is -0.478 e. The van der Waals surface area contributed by atoms with Crippen molar-refractivity contribution in [2.24, 2.45) is 0 Å². The topological polar surface area (TPSA) is 37.3 Å². The zero-order valence-corrected chi connectivity index (χ0v) is 9.39. The molecule has 76 valence electrons. The Morgan fingerprint density at radius 2 is 2.13 bits per heavy atom. The summed E-state index contributed by atoms with van der Waals surface area (Å²) in [6, 6.07) is 7.11. The molecule has 1 N–H and O–H groups in total. The molecule has 0 aliphatic carbocycles. The van der Waals surface area contributed by atoms with Crippen LogP contribution in [0.3, 0.4) is 0 Å². The molecule has 2 aromatic rings. The molecule has 15 heavy (non-hydrogen) atoms. The molecule has 0 saturated heterocycles. The van der Waals surface area contributed by atoms with Gasteiger partial charge < -0.3 is 5.11 Å². The Balaban J connectivity index is 2.59. The SMILES string of the molecule is O=C(O)c1cccc(-c2ccsc2)c1S. The van der Waals surface area contributed by atoms with E-state index in [-0.39, 0.29) is 5.56 Å². The molecular formula is C11H8O2S2. The summed E-state index contributed by atoms with van der Waals surface area (Å²) in [6.45, 7) is 0. The number of hydrogen-bond donors (Lipinski definition) is 2. The minimum atomic E-state index is -0.947. The molecule has 0 unspecified atom stereocenters. The quantitative estimate of drug-likeness (QED) is 0.784. The zero-order valence-electron chi connectivity index (χ0n) is 7.68. The molecule has 0 bridgehead atoms. The Labute approximate surface area is 96.6 Å². The molecule has 1 aromatic carbocycles. The van der Waals surface area contributed by atoms with Crippen LogP contribution in [0.5, 0.6) is 0 Å².